The summed E-state index contributed by atoms with van der Waals surface area (Å²) in [6.07, 6.45) is 1.61. The summed E-state index contributed by atoms with van der Waals surface area (Å²) in [5.41, 5.74) is 0.403. The molecular weight excluding hydrogens is 364 g/mol. The van der Waals surface area contributed by atoms with E-state index < -0.39 is 6.04 Å². The van der Waals surface area contributed by atoms with E-state index in [0.29, 0.717) is 36.9 Å². The lowest BCUT2D eigenvalue weighted by atomic mass is 9.96. The molecule has 2 amide bonds. The van der Waals surface area contributed by atoms with Crippen LogP contribution in [0.4, 0.5) is 5.69 Å². The van der Waals surface area contributed by atoms with Gasteiger partial charge in [-0.2, -0.15) is 0 Å². The summed E-state index contributed by atoms with van der Waals surface area (Å²) >= 11 is 0. The number of ether oxygens (including phenoxy) is 3. The van der Waals surface area contributed by atoms with Gasteiger partial charge >= 0.3 is 5.97 Å². The predicted octanol–water partition coefficient (Wildman–Crippen LogP) is 1.61. The van der Waals surface area contributed by atoms with Crippen LogP contribution in [0, 0.1) is 5.92 Å². The topological polar surface area (TPSA) is 85.4 Å². The lowest BCUT2D eigenvalue weighted by molar-refractivity contribution is -0.150. The maximum atomic E-state index is 13.1. The van der Waals surface area contributed by atoms with Crippen molar-refractivity contribution in [1.29, 1.82) is 0 Å². The maximum absolute atomic E-state index is 13.1. The maximum Gasteiger partial charge on any atom is 0.310 e. The zero-order valence-corrected chi connectivity index (χ0v) is 16.5. The van der Waals surface area contributed by atoms with Crippen molar-refractivity contribution < 1.29 is 28.6 Å². The second kappa shape index (κ2) is 8.60. The number of likely N-dealkylation sites (tertiary alicyclic amines) is 1. The van der Waals surface area contributed by atoms with Crippen molar-refractivity contribution in [2.75, 3.05) is 38.8 Å². The van der Waals surface area contributed by atoms with Gasteiger partial charge in [0.1, 0.15) is 11.5 Å². The molecule has 0 N–H and O–H groups in total. The minimum Gasteiger partial charge on any atom is -0.497 e. The Labute approximate surface area is 164 Å². The van der Waals surface area contributed by atoms with E-state index in [2.05, 4.69) is 0 Å². The highest BCUT2D eigenvalue weighted by atomic mass is 16.5. The molecule has 1 aromatic carbocycles. The van der Waals surface area contributed by atoms with Crippen LogP contribution in [0.15, 0.2) is 18.2 Å². The van der Waals surface area contributed by atoms with Gasteiger partial charge in [0.2, 0.25) is 5.91 Å². The lowest BCUT2D eigenvalue weighted by Gasteiger charge is -2.34. The van der Waals surface area contributed by atoms with Crippen LogP contribution in [0.2, 0.25) is 0 Å². The largest absolute Gasteiger partial charge is 0.497 e. The molecule has 0 saturated carbocycles. The molecule has 0 aliphatic carbocycles. The molecule has 1 aromatic rings. The molecule has 2 heterocycles. The summed E-state index contributed by atoms with van der Waals surface area (Å²) in [7, 11) is 3.02. The summed E-state index contributed by atoms with van der Waals surface area (Å²) in [6.45, 7) is 3.21. The average molecular weight is 390 g/mol. The van der Waals surface area contributed by atoms with Gasteiger partial charge in [0, 0.05) is 12.6 Å². The Kier molecular flexibility index (Phi) is 6.18. The smallest absolute Gasteiger partial charge is 0.310 e. The minimum atomic E-state index is -0.573. The van der Waals surface area contributed by atoms with E-state index in [4.69, 9.17) is 14.2 Å². The van der Waals surface area contributed by atoms with Gasteiger partial charge in [-0.25, -0.2) is 4.90 Å². The average Bonchev–Trinajstić information content (AvgIpc) is 3.01. The summed E-state index contributed by atoms with van der Waals surface area (Å²) < 4.78 is 15.7. The molecular formula is C20H26N2O6. The number of amides is 2. The van der Waals surface area contributed by atoms with Crippen molar-refractivity contribution in [2.24, 2.45) is 5.92 Å². The van der Waals surface area contributed by atoms with Gasteiger partial charge in [0.05, 0.1) is 44.9 Å². The van der Waals surface area contributed by atoms with Crippen LogP contribution in [0.25, 0.3) is 0 Å². The van der Waals surface area contributed by atoms with Gasteiger partial charge < -0.3 is 14.2 Å². The van der Waals surface area contributed by atoms with Crippen molar-refractivity contribution in [3.8, 4) is 11.5 Å². The molecule has 28 heavy (non-hydrogen) atoms. The van der Waals surface area contributed by atoms with Crippen molar-refractivity contribution in [3.63, 3.8) is 0 Å². The number of hydrogen-bond acceptors (Lipinski definition) is 7. The van der Waals surface area contributed by atoms with Crippen molar-refractivity contribution in [1.82, 2.24) is 4.90 Å². The van der Waals surface area contributed by atoms with E-state index in [1.54, 1.807) is 25.1 Å². The van der Waals surface area contributed by atoms with Crippen molar-refractivity contribution >= 4 is 23.5 Å². The number of methoxy groups -OCH3 is 2. The number of carbonyl (C=O) groups excluding carboxylic acids is 3. The van der Waals surface area contributed by atoms with Gasteiger partial charge in [-0.3, -0.25) is 19.3 Å². The number of nitrogens with zero attached hydrogens (tertiary/aromatic N) is 2. The van der Waals surface area contributed by atoms with E-state index in [-0.39, 0.29) is 30.1 Å². The van der Waals surface area contributed by atoms with Gasteiger partial charge in [0.15, 0.2) is 0 Å². The number of esters is 1. The number of piperidine rings is 1. The van der Waals surface area contributed by atoms with Gasteiger partial charge in [0.25, 0.3) is 5.91 Å². The Bertz CT molecular complexity index is 765. The van der Waals surface area contributed by atoms with Crippen LogP contribution in [-0.2, 0) is 19.1 Å². The van der Waals surface area contributed by atoms with Crippen LogP contribution in [0.5, 0.6) is 11.5 Å². The first-order valence-electron chi connectivity index (χ1n) is 9.49. The third-order valence-corrected chi connectivity index (χ3v) is 5.26. The Morgan fingerprint density at radius 2 is 2.00 bits per heavy atom. The molecule has 0 aromatic heterocycles. The van der Waals surface area contributed by atoms with Gasteiger partial charge in [-0.1, -0.05) is 0 Å². The zero-order valence-electron chi connectivity index (χ0n) is 16.5. The van der Waals surface area contributed by atoms with E-state index in [0.717, 1.165) is 12.8 Å². The lowest BCUT2D eigenvalue weighted by Crippen LogP contribution is -2.48. The predicted molar refractivity (Wildman–Crippen MR) is 101 cm³/mol. The zero-order chi connectivity index (χ0) is 20.3. The van der Waals surface area contributed by atoms with Crippen LogP contribution in [0.1, 0.15) is 26.2 Å². The number of rotatable bonds is 6. The molecule has 2 saturated heterocycles. The molecule has 0 spiro atoms. The van der Waals surface area contributed by atoms with Gasteiger partial charge in [-0.05, 0) is 38.4 Å². The van der Waals surface area contributed by atoms with Gasteiger partial charge in [-0.15, -0.1) is 0 Å². The quantitative estimate of drug-likeness (QED) is 0.539. The van der Waals surface area contributed by atoms with E-state index in [9.17, 15) is 14.4 Å². The Balaban J connectivity index is 1.79. The molecule has 2 unspecified atom stereocenters. The highest BCUT2D eigenvalue weighted by molar-refractivity contribution is 6.23. The fourth-order valence-electron chi connectivity index (χ4n) is 3.87. The third-order valence-electron chi connectivity index (χ3n) is 5.26. The molecule has 2 aliphatic rings. The molecule has 8 nitrogen and oxygen atoms in total. The van der Waals surface area contributed by atoms with E-state index >= 15 is 0 Å². The molecule has 2 atom stereocenters. The number of hydrogen-bond donors (Lipinski definition) is 0. The number of imide groups is 1. The van der Waals surface area contributed by atoms with Crippen LogP contribution >= 0.6 is 0 Å². The highest BCUT2D eigenvalue weighted by Crippen LogP contribution is 2.36. The highest BCUT2D eigenvalue weighted by Gasteiger charge is 2.45. The normalized spacial score (nSPS) is 23.0. The second-order valence-corrected chi connectivity index (χ2v) is 6.91. The molecule has 0 bridgehead atoms. The first kappa shape index (κ1) is 20.1. The summed E-state index contributed by atoms with van der Waals surface area (Å²) in [5.74, 6) is -0.108. The molecule has 8 heteroatoms. The Morgan fingerprint density at radius 3 is 2.68 bits per heavy atom. The summed E-state index contributed by atoms with van der Waals surface area (Å²) in [6, 6.07) is 4.40. The summed E-state index contributed by atoms with van der Waals surface area (Å²) in [5, 5.41) is 0. The second-order valence-electron chi connectivity index (χ2n) is 6.91. The van der Waals surface area contributed by atoms with Crippen molar-refractivity contribution in [3.05, 3.63) is 18.2 Å². The van der Waals surface area contributed by atoms with Crippen LogP contribution in [0.3, 0.4) is 0 Å². The fourth-order valence-corrected chi connectivity index (χ4v) is 3.87. The van der Waals surface area contributed by atoms with Crippen molar-refractivity contribution in [2.45, 2.75) is 32.2 Å². The Hall–Kier alpha value is -2.61. The monoisotopic (exact) mass is 390 g/mol. The standard InChI is InChI=1S/C20H26N2O6/c1-4-28-20(25)13-6-5-9-21(12-13)16-11-18(23)22(19(16)24)15-8-7-14(26-2)10-17(15)27-3/h7-8,10,13,16H,4-6,9,11-12H2,1-3H3. The van der Waals surface area contributed by atoms with Crippen LogP contribution < -0.4 is 14.4 Å². The Morgan fingerprint density at radius 1 is 1.21 bits per heavy atom. The summed E-state index contributed by atoms with van der Waals surface area (Å²) in [4.78, 5) is 41.0. The van der Waals surface area contributed by atoms with E-state index in [1.165, 1.54) is 19.1 Å². The molecule has 2 aliphatic heterocycles. The molecule has 3 rings (SSSR count). The first-order valence-corrected chi connectivity index (χ1v) is 9.49. The molecule has 0 radical (unpaired) electrons. The first-order chi connectivity index (χ1) is 13.5. The SMILES string of the molecule is CCOC(=O)C1CCCN(C2CC(=O)N(c3ccc(OC)cc3OC)C2=O)C1. The number of anilines is 1. The van der Waals surface area contributed by atoms with Crippen LogP contribution in [-0.4, -0.2) is 62.6 Å². The fraction of sp³-hybridized carbons (Fsp3) is 0.550. The molecule has 152 valence electrons. The van der Waals surface area contributed by atoms with E-state index in [1.807, 2.05) is 4.90 Å². The minimum absolute atomic E-state index is 0.0869. The molecule has 2 fully saturated rings. The number of carbonyl (C=O) groups is 3. The number of benzene rings is 1. The third kappa shape index (κ3) is 3.82.